The number of fused-ring (bicyclic) bond motifs is 1. The number of carbonyl (C=O) groups excluding carboxylic acids is 2. The topological polar surface area (TPSA) is 111 Å². The van der Waals surface area contributed by atoms with Gasteiger partial charge in [-0.1, -0.05) is 29.7 Å². The molecule has 0 aliphatic carbocycles. The van der Waals surface area contributed by atoms with Crippen LogP contribution in [0.4, 0.5) is 33.2 Å². The second-order valence-corrected chi connectivity index (χ2v) is 8.18. The van der Waals surface area contributed by atoms with Crippen LogP contribution in [0.1, 0.15) is 22.8 Å². The summed E-state index contributed by atoms with van der Waals surface area (Å²) in [6, 6.07) is 9.69. The van der Waals surface area contributed by atoms with Gasteiger partial charge in [0.25, 0.3) is 5.91 Å². The van der Waals surface area contributed by atoms with Gasteiger partial charge in [0.15, 0.2) is 5.82 Å². The molecule has 3 aromatic rings. The fourth-order valence-corrected chi connectivity index (χ4v) is 3.89. The summed E-state index contributed by atoms with van der Waals surface area (Å²) in [6.07, 6.45) is 6.55. The summed E-state index contributed by atoms with van der Waals surface area (Å²) < 4.78 is 14.7. The molecule has 184 valence electrons. The number of hydrogen-bond donors (Lipinski definition) is 4. The molecule has 36 heavy (non-hydrogen) atoms. The van der Waals surface area contributed by atoms with Crippen molar-refractivity contribution in [2.24, 2.45) is 0 Å². The van der Waals surface area contributed by atoms with Gasteiger partial charge in [0.05, 0.1) is 36.2 Å². The van der Waals surface area contributed by atoms with Crippen molar-refractivity contribution in [2.45, 2.75) is 13.5 Å². The Labute approximate surface area is 212 Å². The SMILES string of the molecule is C#CCNC(=O)c1cccc(F)c1Nc1nc(Nc2ccc3c(c2)N(CC)C(=O)CNC3)ncc1Cl. The number of terminal acetylenes is 1. The molecule has 4 N–H and O–H groups in total. The van der Waals surface area contributed by atoms with E-state index < -0.39 is 11.7 Å². The van der Waals surface area contributed by atoms with Crippen LogP contribution in [0.2, 0.25) is 5.02 Å². The number of halogens is 2. The summed E-state index contributed by atoms with van der Waals surface area (Å²) in [7, 11) is 0. The fraction of sp³-hybridized carbons (Fsp3) is 0.200. The molecular formula is C25H23ClFN7O2. The van der Waals surface area contributed by atoms with E-state index in [0.717, 1.165) is 11.3 Å². The molecule has 2 heterocycles. The maximum atomic E-state index is 14.7. The molecule has 0 spiro atoms. The molecule has 0 saturated carbocycles. The number of benzene rings is 2. The molecule has 2 aromatic carbocycles. The highest BCUT2D eigenvalue weighted by Crippen LogP contribution is 2.31. The van der Waals surface area contributed by atoms with Gasteiger partial charge in [-0.3, -0.25) is 9.59 Å². The van der Waals surface area contributed by atoms with E-state index in [1.807, 2.05) is 25.1 Å². The third-order valence-corrected chi connectivity index (χ3v) is 5.71. The summed E-state index contributed by atoms with van der Waals surface area (Å²) >= 11 is 6.27. The number of likely N-dealkylation sites (N-methyl/N-ethyl adjacent to an activating group) is 1. The Kier molecular flexibility index (Phi) is 7.63. The smallest absolute Gasteiger partial charge is 0.254 e. The van der Waals surface area contributed by atoms with E-state index in [9.17, 15) is 14.0 Å². The van der Waals surface area contributed by atoms with Gasteiger partial charge in [0.2, 0.25) is 11.9 Å². The molecule has 0 atom stereocenters. The Morgan fingerprint density at radius 3 is 2.89 bits per heavy atom. The first-order valence-electron chi connectivity index (χ1n) is 11.1. The molecule has 9 nitrogen and oxygen atoms in total. The third-order valence-electron chi connectivity index (χ3n) is 5.44. The van der Waals surface area contributed by atoms with E-state index in [1.165, 1.54) is 24.4 Å². The van der Waals surface area contributed by atoms with Crippen LogP contribution in [0.3, 0.4) is 0 Å². The van der Waals surface area contributed by atoms with Crippen molar-refractivity contribution in [3.05, 3.63) is 64.6 Å². The highest BCUT2D eigenvalue weighted by atomic mass is 35.5. The third kappa shape index (κ3) is 5.38. The molecule has 11 heteroatoms. The average Bonchev–Trinajstić information content (AvgIpc) is 3.02. The predicted molar refractivity (Wildman–Crippen MR) is 137 cm³/mol. The van der Waals surface area contributed by atoms with Gasteiger partial charge in [-0.05, 0) is 36.8 Å². The highest BCUT2D eigenvalue weighted by molar-refractivity contribution is 6.33. The molecule has 0 unspecified atom stereocenters. The van der Waals surface area contributed by atoms with Crippen LogP contribution < -0.4 is 26.2 Å². The van der Waals surface area contributed by atoms with Gasteiger partial charge < -0.3 is 26.2 Å². The Balaban J connectivity index is 1.62. The van der Waals surface area contributed by atoms with Gasteiger partial charge in [-0.15, -0.1) is 6.42 Å². The minimum absolute atomic E-state index is 0.00494. The van der Waals surface area contributed by atoms with E-state index in [0.29, 0.717) is 18.8 Å². The number of carbonyl (C=O) groups is 2. The maximum Gasteiger partial charge on any atom is 0.254 e. The lowest BCUT2D eigenvalue weighted by atomic mass is 10.1. The van der Waals surface area contributed by atoms with Gasteiger partial charge in [-0.2, -0.15) is 4.98 Å². The monoisotopic (exact) mass is 507 g/mol. The number of anilines is 5. The Hall–Kier alpha value is -4.20. The van der Waals surface area contributed by atoms with Crippen LogP contribution in [0.25, 0.3) is 0 Å². The summed E-state index contributed by atoms with van der Waals surface area (Å²) in [5.41, 5.74) is 2.36. The van der Waals surface area contributed by atoms with Crippen LogP contribution in [-0.2, 0) is 11.3 Å². The van der Waals surface area contributed by atoms with Crippen molar-refractivity contribution in [3.63, 3.8) is 0 Å². The van der Waals surface area contributed by atoms with Gasteiger partial charge >= 0.3 is 0 Å². The van der Waals surface area contributed by atoms with E-state index >= 15 is 0 Å². The van der Waals surface area contributed by atoms with Crippen molar-refractivity contribution >= 4 is 52.2 Å². The van der Waals surface area contributed by atoms with Crippen molar-refractivity contribution in [1.29, 1.82) is 0 Å². The molecule has 0 fully saturated rings. The van der Waals surface area contributed by atoms with E-state index in [2.05, 4.69) is 37.2 Å². The van der Waals surface area contributed by atoms with E-state index in [1.54, 1.807) is 4.90 Å². The molecule has 1 aliphatic rings. The van der Waals surface area contributed by atoms with Crippen LogP contribution in [0.15, 0.2) is 42.6 Å². The summed E-state index contributed by atoms with van der Waals surface area (Å²) in [4.78, 5) is 35.1. The van der Waals surface area contributed by atoms with Gasteiger partial charge in [0.1, 0.15) is 10.8 Å². The quantitative estimate of drug-likeness (QED) is 0.362. The predicted octanol–water partition coefficient (Wildman–Crippen LogP) is 3.58. The Morgan fingerprint density at radius 1 is 1.28 bits per heavy atom. The Bertz CT molecular complexity index is 1360. The van der Waals surface area contributed by atoms with E-state index in [-0.39, 0.29) is 47.0 Å². The number of nitrogens with one attached hydrogen (secondary N) is 4. The standard InChI is InChI=1S/C25H23ClFN7O2/c1-3-10-29-24(36)17-6-5-7-19(27)22(17)32-23-18(26)13-30-25(33-23)31-16-9-8-15-12-28-14-21(35)34(4-2)20(15)11-16/h1,5-9,11,13,28H,4,10,12,14H2,2H3,(H,29,36)(H2,30,31,32,33). The van der Waals surface area contributed by atoms with Gasteiger partial charge in [-0.25, -0.2) is 9.37 Å². The van der Waals surface area contributed by atoms with Crippen LogP contribution in [0, 0.1) is 18.2 Å². The first-order valence-corrected chi connectivity index (χ1v) is 11.5. The Morgan fingerprint density at radius 2 is 2.11 bits per heavy atom. The number of aromatic nitrogens is 2. The lowest BCUT2D eigenvalue weighted by Crippen LogP contribution is -2.35. The second kappa shape index (κ2) is 11.0. The van der Waals surface area contributed by atoms with Crippen molar-refractivity contribution in [1.82, 2.24) is 20.6 Å². The molecule has 0 bridgehead atoms. The lowest BCUT2D eigenvalue weighted by Gasteiger charge is -2.21. The number of rotatable bonds is 7. The average molecular weight is 508 g/mol. The zero-order valence-electron chi connectivity index (χ0n) is 19.4. The van der Waals surface area contributed by atoms with Gasteiger partial charge in [0, 0.05) is 18.8 Å². The maximum absolute atomic E-state index is 14.7. The molecule has 4 rings (SSSR count). The number of amides is 2. The zero-order chi connectivity index (χ0) is 25.7. The second-order valence-electron chi connectivity index (χ2n) is 7.77. The van der Waals surface area contributed by atoms with Crippen molar-refractivity contribution in [2.75, 3.05) is 35.2 Å². The normalized spacial score (nSPS) is 12.8. The van der Waals surface area contributed by atoms with E-state index in [4.69, 9.17) is 18.0 Å². The lowest BCUT2D eigenvalue weighted by molar-refractivity contribution is -0.117. The highest BCUT2D eigenvalue weighted by Gasteiger charge is 2.21. The van der Waals surface area contributed by atoms with Crippen molar-refractivity contribution in [3.8, 4) is 12.3 Å². The molecule has 0 saturated heterocycles. The molecule has 0 radical (unpaired) electrons. The minimum Gasteiger partial charge on any atom is -0.341 e. The summed E-state index contributed by atoms with van der Waals surface area (Å²) in [5, 5.41) is 11.6. The van der Waals surface area contributed by atoms with Crippen LogP contribution >= 0.6 is 11.6 Å². The first-order chi connectivity index (χ1) is 17.4. The zero-order valence-corrected chi connectivity index (χ0v) is 20.1. The molecule has 1 aliphatic heterocycles. The number of nitrogens with zero attached hydrogens (tertiary/aromatic N) is 3. The van der Waals surface area contributed by atoms with Crippen LogP contribution in [-0.4, -0.2) is 41.4 Å². The first kappa shape index (κ1) is 24.9. The molecular weight excluding hydrogens is 485 g/mol. The largest absolute Gasteiger partial charge is 0.341 e. The van der Waals surface area contributed by atoms with Crippen molar-refractivity contribution < 1.29 is 14.0 Å². The number of hydrogen-bond acceptors (Lipinski definition) is 7. The van der Waals surface area contributed by atoms with Crippen LogP contribution in [0.5, 0.6) is 0 Å². The molecule has 2 amide bonds. The summed E-state index contributed by atoms with van der Waals surface area (Å²) in [5.74, 6) is 1.34. The molecule has 1 aromatic heterocycles. The summed E-state index contributed by atoms with van der Waals surface area (Å²) in [6.45, 7) is 3.27. The minimum atomic E-state index is -0.670. The fourth-order valence-electron chi connectivity index (χ4n) is 3.75. The number of para-hydroxylation sites is 1.